The number of hydrogen-bond acceptors (Lipinski definition) is 8. The van der Waals surface area contributed by atoms with Crippen LogP contribution in [0.1, 0.15) is 15.9 Å². The van der Waals surface area contributed by atoms with Gasteiger partial charge in [0.25, 0.3) is 5.91 Å². The van der Waals surface area contributed by atoms with Crippen LogP contribution in [0.5, 0.6) is 11.5 Å². The number of fused-ring (bicyclic) bond motifs is 1. The Bertz CT molecular complexity index is 1120. The highest BCUT2D eigenvalue weighted by atomic mass is 32.2. The van der Waals surface area contributed by atoms with Crippen molar-refractivity contribution in [3.05, 3.63) is 53.6 Å². The SMILES string of the molecule is COc1cccc(C(=O)Nc2nnc(SCC(=O)N3CCc4ccccc43)s2)c1OC. The molecule has 1 N–H and O–H groups in total. The van der Waals surface area contributed by atoms with Gasteiger partial charge in [-0.1, -0.05) is 47.4 Å². The summed E-state index contributed by atoms with van der Waals surface area (Å²) in [5.74, 6) is 0.703. The lowest BCUT2D eigenvalue weighted by molar-refractivity contribution is -0.116. The van der Waals surface area contributed by atoms with Crippen LogP contribution >= 0.6 is 23.1 Å². The van der Waals surface area contributed by atoms with Gasteiger partial charge in [-0.25, -0.2) is 0 Å². The van der Waals surface area contributed by atoms with Crippen molar-refractivity contribution in [2.75, 3.05) is 36.7 Å². The van der Waals surface area contributed by atoms with Gasteiger partial charge in [0.15, 0.2) is 15.8 Å². The maximum Gasteiger partial charge on any atom is 0.261 e. The molecule has 3 aromatic rings. The summed E-state index contributed by atoms with van der Waals surface area (Å²) in [5, 5.41) is 11.1. The van der Waals surface area contributed by atoms with E-state index >= 15 is 0 Å². The minimum Gasteiger partial charge on any atom is -0.493 e. The van der Waals surface area contributed by atoms with Gasteiger partial charge in [0, 0.05) is 12.2 Å². The summed E-state index contributed by atoms with van der Waals surface area (Å²) in [4.78, 5) is 27.1. The minimum absolute atomic E-state index is 0.0249. The first-order valence-corrected chi connectivity index (χ1v) is 11.3. The molecule has 31 heavy (non-hydrogen) atoms. The van der Waals surface area contributed by atoms with E-state index in [4.69, 9.17) is 9.47 Å². The first-order valence-electron chi connectivity index (χ1n) is 9.47. The van der Waals surface area contributed by atoms with Gasteiger partial charge in [0.05, 0.1) is 25.5 Å². The fourth-order valence-electron chi connectivity index (χ4n) is 3.35. The largest absolute Gasteiger partial charge is 0.493 e. The van der Waals surface area contributed by atoms with Gasteiger partial charge in [-0.15, -0.1) is 10.2 Å². The van der Waals surface area contributed by atoms with Crippen LogP contribution in [0, 0.1) is 0 Å². The summed E-state index contributed by atoms with van der Waals surface area (Å²) in [6, 6.07) is 13.0. The lowest BCUT2D eigenvalue weighted by atomic mass is 10.1. The van der Waals surface area contributed by atoms with Crippen molar-refractivity contribution in [2.24, 2.45) is 0 Å². The molecule has 2 heterocycles. The van der Waals surface area contributed by atoms with Gasteiger partial charge in [0.2, 0.25) is 11.0 Å². The van der Waals surface area contributed by atoms with Crippen molar-refractivity contribution < 1.29 is 19.1 Å². The third-order valence-electron chi connectivity index (χ3n) is 4.78. The molecule has 0 saturated heterocycles. The molecule has 0 bridgehead atoms. The molecule has 4 rings (SSSR count). The van der Waals surface area contributed by atoms with Crippen LogP contribution in [-0.4, -0.2) is 48.5 Å². The molecule has 1 aromatic heterocycles. The topological polar surface area (TPSA) is 93.7 Å². The number of ether oxygens (including phenoxy) is 2. The van der Waals surface area contributed by atoms with Crippen LogP contribution < -0.4 is 19.7 Å². The summed E-state index contributed by atoms with van der Waals surface area (Å²) in [6.45, 7) is 0.693. The van der Waals surface area contributed by atoms with Crippen molar-refractivity contribution in [2.45, 2.75) is 10.8 Å². The van der Waals surface area contributed by atoms with E-state index in [0.717, 1.165) is 12.1 Å². The highest BCUT2D eigenvalue weighted by Gasteiger charge is 2.24. The summed E-state index contributed by atoms with van der Waals surface area (Å²) < 4.78 is 11.1. The molecule has 0 fully saturated rings. The summed E-state index contributed by atoms with van der Waals surface area (Å²) >= 11 is 2.52. The second-order valence-corrected chi connectivity index (χ2v) is 8.78. The van der Waals surface area contributed by atoms with Crippen molar-refractivity contribution >= 4 is 45.7 Å². The molecule has 2 aromatic carbocycles. The fourth-order valence-corrected chi connectivity index (χ4v) is 4.97. The number of nitrogens with zero attached hydrogens (tertiary/aromatic N) is 3. The first kappa shape index (κ1) is 21.1. The van der Waals surface area contributed by atoms with Crippen molar-refractivity contribution in [1.82, 2.24) is 10.2 Å². The number of anilines is 2. The molecule has 0 radical (unpaired) electrons. The van der Waals surface area contributed by atoms with E-state index in [0.29, 0.717) is 33.1 Å². The Morgan fingerprint density at radius 1 is 1.13 bits per heavy atom. The number of thioether (sulfide) groups is 1. The van der Waals surface area contributed by atoms with Gasteiger partial charge < -0.3 is 14.4 Å². The maximum atomic E-state index is 12.7. The molecular formula is C21H20N4O4S2. The van der Waals surface area contributed by atoms with Gasteiger partial charge in [-0.05, 0) is 30.2 Å². The Kier molecular flexibility index (Phi) is 6.38. The van der Waals surface area contributed by atoms with Crippen LogP contribution in [0.25, 0.3) is 0 Å². The molecule has 0 saturated carbocycles. The number of carbonyl (C=O) groups is 2. The zero-order valence-corrected chi connectivity index (χ0v) is 18.6. The summed E-state index contributed by atoms with van der Waals surface area (Å²) in [6.07, 6.45) is 0.870. The number of hydrogen-bond donors (Lipinski definition) is 1. The Morgan fingerprint density at radius 3 is 2.77 bits per heavy atom. The molecule has 8 nitrogen and oxygen atoms in total. The molecule has 1 aliphatic rings. The van der Waals surface area contributed by atoms with Gasteiger partial charge >= 0.3 is 0 Å². The number of nitrogens with one attached hydrogen (secondary N) is 1. The summed E-state index contributed by atoms with van der Waals surface area (Å²) in [5.41, 5.74) is 2.49. The molecule has 0 aliphatic carbocycles. The minimum atomic E-state index is -0.381. The van der Waals surface area contributed by atoms with Crippen LogP contribution in [-0.2, 0) is 11.2 Å². The third kappa shape index (κ3) is 4.49. The average molecular weight is 457 g/mol. The van der Waals surface area contributed by atoms with Gasteiger partial charge in [-0.2, -0.15) is 0 Å². The number of benzene rings is 2. The molecule has 1 aliphatic heterocycles. The van der Waals surface area contributed by atoms with E-state index in [1.807, 2.05) is 24.3 Å². The predicted octanol–water partition coefficient (Wildman–Crippen LogP) is 3.49. The number of rotatable bonds is 7. The number of carbonyl (C=O) groups excluding carboxylic acids is 2. The van der Waals surface area contributed by atoms with E-state index in [-0.39, 0.29) is 17.6 Å². The monoisotopic (exact) mass is 456 g/mol. The van der Waals surface area contributed by atoms with E-state index < -0.39 is 0 Å². The number of para-hydroxylation sites is 2. The molecule has 2 amide bonds. The second-order valence-electron chi connectivity index (χ2n) is 6.58. The lowest BCUT2D eigenvalue weighted by Gasteiger charge is -2.16. The molecule has 0 atom stereocenters. The van der Waals surface area contributed by atoms with Crippen molar-refractivity contribution in [1.29, 1.82) is 0 Å². The molecular weight excluding hydrogens is 436 g/mol. The average Bonchev–Trinajstić information content (AvgIpc) is 3.43. The number of aromatic nitrogens is 2. The Hall–Kier alpha value is -3.11. The third-order valence-corrected chi connectivity index (χ3v) is 6.74. The van der Waals surface area contributed by atoms with Gasteiger partial charge in [0.1, 0.15) is 0 Å². The molecule has 0 unspecified atom stereocenters. The quantitative estimate of drug-likeness (QED) is 0.430. The number of methoxy groups -OCH3 is 2. The van der Waals surface area contributed by atoms with E-state index in [2.05, 4.69) is 15.5 Å². The normalized spacial score (nSPS) is 12.4. The molecule has 0 spiro atoms. The Morgan fingerprint density at radius 2 is 1.97 bits per heavy atom. The Balaban J connectivity index is 1.37. The van der Waals surface area contributed by atoms with Crippen molar-refractivity contribution in [3.63, 3.8) is 0 Å². The van der Waals surface area contributed by atoms with E-state index in [1.54, 1.807) is 23.1 Å². The van der Waals surface area contributed by atoms with Gasteiger partial charge in [-0.3, -0.25) is 14.9 Å². The van der Waals surface area contributed by atoms with Crippen LogP contribution in [0.3, 0.4) is 0 Å². The zero-order valence-electron chi connectivity index (χ0n) is 17.0. The maximum absolute atomic E-state index is 12.7. The second kappa shape index (κ2) is 9.36. The lowest BCUT2D eigenvalue weighted by Crippen LogP contribution is -2.30. The van der Waals surface area contributed by atoms with Crippen molar-refractivity contribution in [3.8, 4) is 11.5 Å². The smallest absolute Gasteiger partial charge is 0.261 e. The van der Waals surface area contributed by atoms with Crippen LogP contribution in [0.4, 0.5) is 10.8 Å². The van der Waals surface area contributed by atoms with Crippen LogP contribution in [0.2, 0.25) is 0 Å². The first-order chi connectivity index (χ1) is 15.1. The van der Waals surface area contributed by atoms with Crippen LogP contribution in [0.15, 0.2) is 46.8 Å². The molecule has 10 heteroatoms. The van der Waals surface area contributed by atoms with E-state index in [9.17, 15) is 9.59 Å². The fraction of sp³-hybridized carbons (Fsp3) is 0.238. The molecule has 160 valence electrons. The zero-order chi connectivity index (χ0) is 21.8. The standard InChI is InChI=1S/C21H20N4O4S2/c1-28-16-9-5-7-14(18(16)29-2)19(27)22-20-23-24-21(31-20)30-12-17(26)25-11-10-13-6-3-4-8-15(13)25/h3-9H,10-12H2,1-2H3,(H,22,23,27). The highest BCUT2D eigenvalue weighted by Crippen LogP contribution is 2.33. The number of amides is 2. The highest BCUT2D eigenvalue weighted by molar-refractivity contribution is 8.01. The predicted molar refractivity (Wildman–Crippen MR) is 121 cm³/mol. The Labute approximate surface area is 187 Å². The van der Waals surface area contributed by atoms with E-state index in [1.165, 1.54) is 42.9 Å². The summed E-state index contributed by atoms with van der Waals surface area (Å²) in [7, 11) is 2.99.